The number of hydrogen-bond acceptors (Lipinski definition) is 4. The van der Waals surface area contributed by atoms with E-state index in [1.807, 2.05) is 0 Å². The smallest absolute Gasteiger partial charge is 0.294 e. The lowest BCUT2D eigenvalue weighted by Gasteiger charge is -2.06. The van der Waals surface area contributed by atoms with Crippen molar-refractivity contribution in [3.05, 3.63) is 23.8 Å². The van der Waals surface area contributed by atoms with Gasteiger partial charge in [0, 0.05) is 5.56 Å². The number of aliphatic hydroxyl groups is 1. The highest BCUT2D eigenvalue weighted by atomic mass is 32.2. The largest absolute Gasteiger partial charge is 0.496 e. The van der Waals surface area contributed by atoms with E-state index in [-0.39, 0.29) is 11.5 Å². The average Bonchev–Trinajstić information content (AvgIpc) is 2.15. The van der Waals surface area contributed by atoms with Crippen LogP contribution in [0.2, 0.25) is 0 Å². The Balaban J connectivity index is 3.28. The monoisotopic (exact) mass is 218 g/mol. The molecule has 0 radical (unpaired) electrons. The van der Waals surface area contributed by atoms with Crippen LogP contribution in [0, 0.1) is 0 Å². The van der Waals surface area contributed by atoms with Crippen molar-refractivity contribution >= 4 is 10.1 Å². The van der Waals surface area contributed by atoms with E-state index in [0.717, 1.165) is 6.07 Å². The number of benzene rings is 1. The van der Waals surface area contributed by atoms with Crippen LogP contribution in [0.5, 0.6) is 5.75 Å². The molecule has 0 fully saturated rings. The van der Waals surface area contributed by atoms with Crippen LogP contribution in [-0.4, -0.2) is 25.2 Å². The van der Waals surface area contributed by atoms with Crippen LogP contribution < -0.4 is 4.74 Å². The number of methoxy groups -OCH3 is 1. The molecule has 1 aromatic carbocycles. The molecule has 6 heteroatoms. The maximum atomic E-state index is 10.7. The van der Waals surface area contributed by atoms with Crippen molar-refractivity contribution in [3.8, 4) is 5.75 Å². The van der Waals surface area contributed by atoms with Crippen LogP contribution in [0.4, 0.5) is 0 Å². The Labute approximate surface area is 81.7 Å². The molecule has 5 nitrogen and oxygen atoms in total. The van der Waals surface area contributed by atoms with E-state index >= 15 is 0 Å². The van der Waals surface area contributed by atoms with E-state index in [4.69, 9.17) is 14.4 Å². The van der Waals surface area contributed by atoms with Gasteiger partial charge in [0.2, 0.25) is 0 Å². The second kappa shape index (κ2) is 3.95. The lowest BCUT2D eigenvalue weighted by molar-refractivity contribution is 0.273. The minimum Gasteiger partial charge on any atom is -0.496 e. The molecule has 0 unspecified atom stereocenters. The van der Waals surface area contributed by atoms with Gasteiger partial charge < -0.3 is 9.84 Å². The molecular formula is C8H10O5S. The van der Waals surface area contributed by atoms with Crippen LogP contribution >= 0.6 is 0 Å². The lowest BCUT2D eigenvalue weighted by Crippen LogP contribution is -2.00. The molecule has 14 heavy (non-hydrogen) atoms. The number of ether oxygens (including phenoxy) is 1. The van der Waals surface area contributed by atoms with Crippen molar-refractivity contribution in [2.24, 2.45) is 0 Å². The summed E-state index contributed by atoms with van der Waals surface area (Å²) in [6.07, 6.45) is 0. The SMILES string of the molecule is COc1ccc(S(=O)(=O)O)cc1CO. The first kappa shape index (κ1) is 11.0. The number of rotatable bonds is 3. The van der Waals surface area contributed by atoms with E-state index in [1.54, 1.807) is 0 Å². The highest BCUT2D eigenvalue weighted by Gasteiger charge is 2.12. The second-order valence-electron chi connectivity index (χ2n) is 2.61. The first-order valence-corrected chi connectivity index (χ1v) is 5.18. The Hall–Kier alpha value is -1.11. The molecule has 0 saturated heterocycles. The van der Waals surface area contributed by atoms with Crippen molar-refractivity contribution in [2.45, 2.75) is 11.5 Å². The predicted molar refractivity (Wildman–Crippen MR) is 48.7 cm³/mol. The van der Waals surface area contributed by atoms with E-state index in [1.165, 1.54) is 19.2 Å². The van der Waals surface area contributed by atoms with Gasteiger partial charge in [-0.25, -0.2) is 0 Å². The van der Waals surface area contributed by atoms with Gasteiger partial charge in [0.05, 0.1) is 18.6 Å². The van der Waals surface area contributed by atoms with Crippen molar-refractivity contribution < 1.29 is 22.8 Å². The third kappa shape index (κ3) is 2.22. The molecule has 0 aliphatic rings. The van der Waals surface area contributed by atoms with Crippen LogP contribution in [-0.2, 0) is 16.7 Å². The molecular weight excluding hydrogens is 208 g/mol. The zero-order chi connectivity index (χ0) is 10.8. The molecule has 2 N–H and O–H groups in total. The Morgan fingerprint density at radius 3 is 2.50 bits per heavy atom. The third-order valence-corrected chi connectivity index (χ3v) is 2.57. The van der Waals surface area contributed by atoms with Gasteiger partial charge in [-0.3, -0.25) is 4.55 Å². The minimum absolute atomic E-state index is 0.262. The molecule has 0 heterocycles. The van der Waals surface area contributed by atoms with Gasteiger partial charge in [-0.2, -0.15) is 8.42 Å². The highest BCUT2D eigenvalue weighted by Crippen LogP contribution is 2.21. The van der Waals surface area contributed by atoms with Crippen LogP contribution in [0.25, 0.3) is 0 Å². The van der Waals surface area contributed by atoms with E-state index in [2.05, 4.69) is 0 Å². The van der Waals surface area contributed by atoms with Gasteiger partial charge >= 0.3 is 0 Å². The molecule has 0 aromatic heterocycles. The molecule has 1 rings (SSSR count). The maximum Gasteiger partial charge on any atom is 0.294 e. The van der Waals surface area contributed by atoms with Crippen molar-refractivity contribution in [2.75, 3.05) is 7.11 Å². The van der Waals surface area contributed by atoms with E-state index in [0.29, 0.717) is 11.3 Å². The van der Waals surface area contributed by atoms with Crippen LogP contribution in [0.1, 0.15) is 5.56 Å². The number of hydrogen-bond donors (Lipinski definition) is 2. The highest BCUT2D eigenvalue weighted by molar-refractivity contribution is 7.85. The van der Waals surface area contributed by atoms with Crippen molar-refractivity contribution in [1.29, 1.82) is 0 Å². The summed E-state index contributed by atoms with van der Waals surface area (Å²) < 4.78 is 35.1. The maximum absolute atomic E-state index is 10.7. The van der Waals surface area contributed by atoms with Crippen molar-refractivity contribution in [3.63, 3.8) is 0 Å². The standard InChI is InChI=1S/C8H10O5S/c1-13-8-3-2-7(14(10,11)12)4-6(8)5-9/h2-4,9H,5H2,1H3,(H,10,11,12). The quantitative estimate of drug-likeness (QED) is 0.719. The minimum atomic E-state index is -4.23. The molecule has 0 atom stereocenters. The lowest BCUT2D eigenvalue weighted by atomic mass is 10.2. The summed E-state index contributed by atoms with van der Waals surface area (Å²) in [5.74, 6) is 0.375. The fraction of sp³-hybridized carbons (Fsp3) is 0.250. The summed E-state index contributed by atoms with van der Waals surface area (Å²) in [5, 5.41) is 8.88. The fourth-order valence-electron chi connectivity index (χ4n) is 1.04. The summed E-state index contributed by atoms with van der Waals surface area (Å²) in [4.78, 5) is -0.262. The molecule has 0 amide bonds. The molecule has 0 saturated carbocycles. The van der Waals surface area contributed by atoms with Gasteiger partial charge in [0.1, 0.15) is 5.75 Å². The summed E-state index contributed by atoms with van der Waals surface area (Å²) in [6, 6.07) is 3.73. The van der Waals surface area contributed by atoms with Crippen LogP contribution in [0.15, 0.2) is 23.1 Å². The fourth-order valence-corrected chi connectivity index (χ4v) is 1.57. The Morgan fingerprint density at radius 1 is 1.43 bits per heavy atom. The van der Waals surface area contributed by atoms with Gasteiger partial charge in [0.25, 0.3) is 10.1 Å². The summed E-state index contributed by atoms with van der Waals surface area (Å²) in [5.41, 5.74) is 0.308. The topological polar surface area (TPSA) is 83.8 Å². The Morgan fingerprint density at radius 2 is 2.07 bits per heavy atom. The zero-order valence-electron chi connectivity index (χ0n) is 7.47. The molecule has 1 aromatic rings. The summed E-state index contributed by atoms with van der Waals surface area (Å²) in [7, 11) is -2.82. The van der Waals surface area contributed by atoms with E-state index < -0.39 is 10.1 Å². The van der Waals surface area contributed by atoms with Gasteiger partial charge in [-0.15, -0.1) is 0 Å². The van der Waals surface area contributed by atoms with Crippen molar-refractivity contribution in [1.82, 2.24) is 0 Å². The molecule has 0 aliphatic carbocycles. The van der Waals surface area contributed by atoms with Gasteiger partial charge in [-0.1, -0.05) is 0 Å². The zero-order valence-corrected chi connectivity index (χ0v) is 8.28. The number of aliphatic hydroxyl groups excluding tert-OH is 1. The normalized spacial score (nSPS) is 11.4. The Kier molecular flexibility index (Phi) is 3.10. The van der Waals surface area contributed by atoms with E-state index in [9.17, 15) is 8.42 Å². The Bertz CT molecular complexity index is 423. The predicted octanol–water partition coefficient (Wildman–Crippen LogP) is 0.434. The summed E-state index contributed by atoms with van der Waals surface area (Å²) in [6.45, 7) is -0.355. The summed E-state index contributed by atoms with van der Waals surface area (Å²) >= 11 is 0. The molecule has 78 valence electrons. The van der Waals surface area contributed by atoms with Crippen LogP contribution in [0.3, 0.4) is 0 Å². The van der Waals surface area contributed by atoms with Gasteiger partial charge in [-0.05, 0) is 18.2 Å². The molecule has 0 aliphatic heterocycles. The first-order valence-electron chi connectivity index (χ1n) is 3.74. The third-order valence-electron chi connectivity index (χ3n) is 1.72. The first-order chi connectivity index (χ1) is 6.49. The average molecular weight is 218 g/mol. The van der Waals surface area contributed by atoms with Gasteiger partial charge in [0.15, 0.2) is 0 Å². The second-order valence-corrected chi connectivity index (χ2v) is 4.03. The molecule has 0 spiro atoms. The molecule has 0 bridgehead atoms.